The van der Waals surface area contributed by atoms with Gasteiger partial charge in [-0.25, -0.2) is 9.59 Å². The summed E-state index contributed by atoms with van der Waals surface area (Å²) in [5.74, 6) is 0.611. The molecule has 2 heterocycles. The Morgan fingerprint density at radius 3 is 2.41 bits per heavy atom. The van der Waals surface area contributed by atoms with E-state index in [9.17, 15) is 9.59 Å². The van der Waals surface area contributed by atoms with Crippen molar-refractivity contribution in [3.05, 3.63) is 47.3 Å². The van der Waals surface area contributed by atoms with E-state index < -0.39 is 5.97 Å². The average Bonchev–Trinajstić information content (AvgIpc) is 3.32. The number of aromatic carboxylic acids is 1. The zero-order valence-electron chi connectivity index (χ0n) is 15.5. The number of carbonyl (C=O) groups excluding carboxylic acids is 1. The zero-order chi connectivity index (χ0) is 19.1. The van der Waals surface area contributed by atoms with Crippen LogP contribution in [0.25, 0.3) is 0 Å². The highest BCUT2D eigenvalue weighted by Crippen LogP contribution is 2.40. The summed E-state index contributed by atoms with van der Waals surface area (Å²) in [7, 11) is 0. The number of carboxylic acid groups (broad SMARTS) is 1. The lowest BCUT2D eigenvalue weighted by Gasteiger charge is -2.20. The third kappa shape index (κ3) is 3.41. The molecule has 0 radical (unpaired) electrons. The number of aromatic nitrogens is 2. The van der Waals surface area contributed by atoms with Gasteiger partial charge in [0.05, 0.1) is 6.10 Å². The van der Waals surface area contributed by atoms with Gasteiger partial charge in [0, 0.05) is 19.3 Å². The second-order valence-electron chi connectivity index (χ2n) is 7.62. The maximum absolute atomic E-state index is 12.6. The van der Waals surface area contributed by atoms with Crippen LogP contribution >= 0.6 is 0 Å². The molecule has 1 aliphatic carbocycles. The van der Waals surface area contributed by atoms with Gasteiger partial charge in [-0.3, -0.25) is 0 Å². The molecule has 0 bridgehead atoms. The second-order valence-corrected chi connectivity index (χ2v) is 7.62. The van der Waals surface area contributed by atoms with Crippen molar-refractivity contribution in [2.45, 2.75) is 32.8 Å². The lowest BCUT2D eigenvalue weighted by Crippen LogP contribution is -2.34. The number of aryl methyl sites for hydroxylation is 2. The summed E-state index contributed by atoms with van der Waals surface area (Å²) in [6, 6.07) is 7.26. The Bertz CT molecular complexity index is 877. The Balaban J connectivity index is 1.35. The van der Waals surface area contributed by atoms with Crippen LogP contribution in [0.2, 0.25) is 0 Å². The monoisotopic (exact) mass is 369 g/mol. The maximum Gasteiger partial charge on any atom is 0.356 e. The molecule has 27 heavy (non-hydrogen) atoms. The van der Waals surface area contributed by atoms with E-state index in [4.69, 9.17) is 9.84 Å². The fourth-order valence-corrected chi connectivity index (χ4v) is 4.17. The second kappa shape index (κ2) is 6.72. The third-order valence-corrected chi connectivity index (χ3v) is 5.76. The number of rotatable bonds is 3. The predicted octanol–water partition coefficient (Wildman–Crippen LogP) is 2.96. The Hall–Kier alpha value is -2.83. The molecule has 7 nitrogen and oxygen atoms in total. The van der Waals surface area contributed by atoms with Crippen LogP contribution in [0, 0.1) is 25.7 Å². The molecule has 2 fully saturated rings. The smallest absolute Gasteiger partial charge is 0.356 e. The highest BCUT2D eigenvalue weighted by Gasteiger charge is 2.43. The Labute approximate surface area is 157 Å². The number of amides is 1. The van der Waals surface area contributed by atoms with Gasteiger partial charge in [0.15, 0.2) is 5.69 Å². The summed E-state index contributed by atoms with van der Waals surface area (Å²) in [4.78, 5) is 25.3. The van der Waals surface area contributed by atoms with E-state index in [1.807, 2.05) is 6.07 Å². The van der Waals surface area contributed by atoms with Crippen molar-refractivity contribution in [2.24, 2.45) is 11.8 Å². The standard InChI is InChI=1S/C20H23N3O4/c1-12-3-4-16(7-13(12)2)27-17-8-14-10-22(11-15(14)9-17)20(26)23-6-5-18(21-23)19(24)25/h3-7,14-15,17H,8-11H2,1-2H3,(H,24,25)/t14-,15+,17+. The average molecular weight is 369 g/mol. The molecule has 1 saturated heterocycles. The van der Waals surface area contributed by atoms with Crippen molar-refractivity contribution in [3.8, 4) is 5.75 Å². The van der Waals surface area contributed by atoms with Crippen LogP contribution in [0.1, 0.15) is 34.5 Å². The molecule has 3 atom stereocenters. The molecule has 1 aromatic heterocycles. The van der Waals surface area contributed by atoms with Crippen LogP contribution < -0.4 is 4.74 Å². The number of hydrogen-bond donors (Lipinski definition) is 1. The first-order valence-electron chi connectivity index (χ1n) is 9.23. The third-order valence-electron chi connectivity index (χ3n) is 5.76. The van der Waals surface area contributed by atoms with Crippen molar-refractivity contribution in [1.29, 1.82) is 0 Å². The first kappa shape index (κ1) is 17.6. The van der Waals surface area contributed by atoms with Crippen LogP contribution in [0.3, 0.4) is 0 Å². The van der Waals surface area contributed by atoms with Crippen LogP contribution in [0.15, 0.2) is 30.5 Å². The molecule has 1 aliphatic heterocycles. The molecule has 1 amide bonds. The maximum atomic E-state index is 12.6. The van der Waals surface area contributed by atoms with Crippen LogP contribution in [0.5, 0.6) is 5.75 Å². The Kier molecular flexibility index (Phi) is 4.37. The Morgan fingerprint density at radius 2 is 1.81 bits per heavy atom. The summed E-state index contributed by atoms with van der Waals surface area (Å²) in [6.07, 6.45) is 3.45. The van der Waals surface area contributed by atoms with Gasteiger partial charge in [-0.2, -0.15) is 9.78 Å². The van der Waals surface area contributed by atoms with Crippen LogP contribution in [-0.4, -0.2) is 51.0 Å². The van der Waals surface area contributed by atoms with Gasteiger partial charge in [-0.1, -0.05) is 6.07 Å². The highest BCUT2D eigenvalue weighted by atomic mass is 16.5. The van der Waals surface area contributed by atoms with Crippen molar-refractivity contribution < 1.29 is 19.4 Å². The van der Waals surface area contributed by atoms with Crippen LogP contribution in [0.4, 0.5) is 4.79 Å². The largest absolute Gasteiger partial charge is 0.490 e. The molecular formula is C20H23N3O4. The molecule has 2 aromatic rings. The fourth-order valence-electron chi connectivity index (χ4n) is 4.17. The number of benzene rings is 1. The summed E-state index contributed by atoms with van der Waals surface area (Å²) in [5.41, 5.74) is 2.36. The van der Waals surface area contributed by atoms with E-state index in [0.29, 0.717) is 24.9 Å². The number of ether oxygens (including phenoxy) is 1. The van der Waals surface area contributed by atoms with Gasteiger partial charge in [-0.05, 0) is 67.9 Å². The number of nitrogens with zero attached hydrogens (tertiary/aromatic N) is 3. The zero-order valence-corrected chi connectivity index (χ0v) is 15.5. The molecule has 0 unspecified atom stereocenters. The minimum Gasteiger partial charge on any atom is -0.490 e. The number of carboxylic acids is 1. The normalized spacial score (nSPS) is 24.1. The van der Waals surface area contributed by atoms with Crippen molar-refractivity contribution >= 4 is 12.0 Å². The molecule has 1 aromatic carbocycles. The molecule has 7 heteroatoms. The van der Waals surface area contributed by atoms with Gasteiger partial charge in [0.2, 0.25) is 0 Å². The lowest BCUT2D eigenvalue weighted by molar-refractivity contribution is 0.0690. The van der Waals surface area contributed by atoms with E-state index in [2.05, 4.69) is 31.1 Å². The number of carbonyl (C=O) groups is 2. The van der Waals surface area contributed by atoms with Gasteiger partial charge in [0.25, 0.3) is 0 Å². The van der Waals surface area contributed by atoms with Crippen LogP contribution in [-0.2, 0) is 0 Å². The van der Waals surface area contributed by atoms with Gasteiger partial charge >= 0.3 is 12.0 Å². The van der Waals surface area contributed by atoms with E-state index >= 15 is 0 Å². The fraction of sp³-hybridized carbons (Fsp3) is 0.450. The summed E-state index contributed by atoms with van der Waals surface area (Å²) in [5, 5.41) is 12.8. The highest BCUT2D eigenvalue weighted by molar-refractivity contribution is 5.86. The summed E-state index contributed by atoms with van der Waals surface area (Å²) < 4.78 is 7.29. The predicted molar refractivity (Wildman–Crippen MR) is 98.1 cm³/mol. The number of hydrogen-bond acceptors (Lipinski definition) is 4. The Morgan fingerprint density at radius 1 is 1.11 bits per heavy atom. The summed E-state index contributed by atoms with van der Waals surface area (Å²) >= 11 is 0. The minimum atomic E-state index is -1.13. The number of likely N-dealkylation sites (tertiary alicyclic amines) is 1. The van der Waals surface area contributed by atoms with Crippen molar-refractivity contribution in [2.75, 3.05) is 13.1 Å². The first-order valence-corrected chi connectivity index (χ1v) is 9.23. The molecule has 4 rings (SSSR count). The van der Waals surface area contributed by atoms with Gasteiger partial charge in [-0.15, -0.1) is 0 Å². The molecule has 0 spiro atoms. The van der Waals surface area contributed by atoms with E-state index in [-0.39, 0.29) is 17.8 Å². The van der Waals surface area contributed by atoms with E-state index in [1.165, 1.54) is 23.4 Å². The van der Waals surface area contributed by atoms with Crippen molar-refractivity contribution in [3.63, 3.8) is 0 Å². The molecule has 142 valence electrons. The first-order chi connectivity index (χ1) is 12.9. The SMILES string of the molecule is Cc1ccc(O[C@H]2C[C@@H]3CN(C(=O)n4ccc(C(=O)O)n4)C[C@@H]3C2)cc1C. The lowest BCUT2D eigenvalue weighted by atomic mass is 10.0. The molecule has 1 N–H and O–H groups in total. The van der Waals surface area contributed by atoms with Gasteiger partial charge < -0.3 is 14.7 Å². The minimum absolute atomic E-state index is 0.121. The van der Waals surface area contributed by atoms with Gasteiger partial charge in [0.1, 0.15) is 5.75 Å². The molecule has 2 aliphatic rings. The molecule has 1 saturated carbocycles. The quantitative estimate of drug-likeness (QED) is 0.899. The van der Waals surface area contributed by atoms with E-state index in [0.717, 1.165) is 23.3 Å². The summed E-state index contributed by atoms with van der Waals surface area (Å²) in [6.45, 7) is 5.50. The number of fused-ring (bicyclic) bond motifs is 1. The molecular weight excluding hydrogens is 346 g/mol. The van der Waals surface area contributed by atoms with E-state index in [1.54, 1.807) is 4.90 Å². The van der Waals surface area contributed by atoms with Crippen molar-refractivity contribution in [1.82, 2.24) is 14.7 Å². The topological polar surface area (TPSA) is 84.7 Å².